The van der Waals surface area contributed by atoms with Crippen LogP contribution in [-0.4, -0.2) is 20.0 Å². The molecule has 64 valence electrons. The van der Waals surface area contributed by atoms with E-state index in [1.54, 1.807) is 7.11 Å². The Labute approximate surface area is 68.9 Å². The zero-order chi connectivity index (χ0) is 8.53. The summed E-state index contributed by atoms with van der Waals surface area (Å²) in [4.78, 5) is 0. The summed E-state index contributed by atoms with van der Waals surface area (Å²) in [6, 6.07) is 0. The molecule has 0 aliphatic carbocycles. The summed E-state index contributed by atoms with van der Waals surface area (Å²) >= 11 is 0. The highest BCUT2D eigenvalue weighted by molar-refractivity contribution is 4.94. The van der Waals surface area contributed by atoms with E-state index in [9.17, 15) is 0 Å². The van der Waals surface area contributed by atoms with E-state index in [1.165, 1.54) is 0 Å². The van der Waals surface area contributed by atoms with Gasteiger partial charge in [-0.1, -0.05) is 25.7 Å². The van der Waals surface area contributed by atoms with Crippen molar-refractivity contribution in [2.24, 2.45) is 0 Å². The number of terminal acetylenes is 1. The van der Waals surface area contributed by atoms with Crippen molar-refractivity contribution in [1.82, 2.24) is 0 Å². The van der Waals surface area contributed by atoms with Crippen molar-refractivity contribution in [2.45, 2.75) is 32.3 Å². The quantitative estimate of drug-likeness (QED) is 0.431. The predicted octanol–water partition coefficient (Wildman–Crippen LogP) is 1.80. The van der Waals surface area contributed by atoms with Gasteiger partial charge in [0.1, 0.15) is 12.9 Å². The van der Waals surface area contributed by atoms with Crippen LogP contribution in [0.5, 0.6) is 0 Å². The van der Waals surface area contributed by atoms with Gasteiger partial charge < -0.3 is 9.47 Å². The van der Waals surface area contributed by atoms with Gasteiger partial charge in [0.25, 0.3) is 0 Å². The topological polar surface area (TPSA) is 18.5 Å². The normalized spacial score (nSPS) is 12.5. The van der Waals surface area contributed by atoms with Gasteiger partial charge in [-0.2, -0.15) is 0 Å². The maximum absolute atomic E-state index is 5.22. The minimum atomic E-state index is -0.0742. The second-order valence-corrected chi connectivity index (χ2v) is 2.37. The number of hydrogen-bond donors (Lipinski definition) is 0. The lowest BCUT2D eigenvalue weighted by Gasteiger charge is -2.09. The highest BCUT2D eigenvalue weighted by atomic mass is 16.7. The van der Waals surface area contributed by atoms with Gasteiger partial charge in [0.05, 0.1) is 0 Å². The smallest absolute Gasteiger partial charge is 0.148 e. The van der Waals surface area contributed by atoms with Crippen LogP contribution in [0.4, 0.5) is 0 Å². The largest absolute Gasteiger partial charge is 0.359 e. The molecule has 0 aliphatic heterocycles. The van der Waals surface area contributed by atoms with Gasteiger partial charge in [-0.05, 0) is 6.42 Å². The van der Waals surface area contributed by atoms with E-state index in [0.29, 0.717) is 6.79 Å². The summed E-state index contributed by atoms with van der Waals surface area (Å²) in [5.74, 6) is 2.57. The zero-order valence-electron chi connectivity index (χ0n) is 7.30. The average Bonchev–Trinajstić information content (AvgIpc) is 2.05. The van der Waals surface area contributed by atoms with E-state index in [-0.39, 0.29) is 6.10 Å². The molecule has 11 heavy (non-hydrogen) atoms. The molecule has 1 unspecified atom stereocenters. The van der Waals surface area contributed by atoms with Crippen molar-refractivity contribution in [1.29, 1.82) is 0 Å². The fraction of sp³-hybridized carbons (Fsp3) is 0.778. The Morgan fingerprint density at radius 3 is 2.73 bits per heavy atom. The summed E-state index contributed by atoms with van der Waals surface area (Å²) in [7, 11) is 1.59. The van der Waals surface area contributed by atoms with Crippen LogP contribution in [0.3, 0.4) is 0 Å². The van der Waals surface area contributed by atoms with Crippen LogP contribution in [0.1, 0.15) is 26.2 Å². The molecule has 0 spiro atoms. The van der Waals surface area contributed by atoms with Crippen LogP contribution >= 0.6 is 0 Å². The third-order valence-electron chi connectivity index (χ3n) is 1.39. The molecule has 0 heterocycles. The van der Waals surface area contributed by atoms with E-state index in [0.717, 1.165) is 19.3 Å². The first-order valence-corrected chi connectivity index (χ1v) is 3.91. The highest BCUT2D eigenvalue weighted by Crippen LogP contribution is 2.03. The Balaban J connectivity index is 3.35. The standard InChI is InChI=1S/C9H16O2/c1-4-6-7-9(5-2)11-8-10-3/h2,9H,4,6-8H2,1,3H3. The van der Waals surface area contributed by atoms with Crippen LogP contribution < -0.4 is 0 Å². The minimum Gasteiger partial charge on any atom is -0.359 e. The maximum Gasteiger partial charge on any atom is 0.148 e. The lowest BCUT2D eigenvalue weighted by molar-refractivity contribution is -0.0547. The minimum absolute atomic E-state index is 0.0742. The molecule has 2 heteroatoms. The molecule has 0 aromatic heterocycles. The maximum atomic E-state index is 5.22. The van der Waals surface area contributed by atoms with E-state index >= 15 is 0 Å². The summed E-state index contributed by atoms with van der Waals surface area (Å²) < 4.78 is 9.92. The van der Waals surface area contributed by atoms with Gasteiger partial charge in [-0.25, -0.2) is 0 Å². The monoisotopic (exact) mass is 156 g/mol. The Morgan fingerprint density at radius 2 is 2.27 bits per heavy atom. The molecule has 0 N–H and O–H groups in total. The van der Waals surface area contributed by atoms with Crippen molar-refractivity contribution in [3.63, 3.8) is 0 Å². The molecule has 0 fully saturated rings. The molecule has 0 amide bonds. The molecule has 0 bridgehead atoms. The molecule has 0 aliphatic rings. The second kappa shape index (κ2) is 7.59. The Hall–Kier alpha value is -0.520. The third kappa shape index (κ3) is 5.90. The molecule has 0 saturated heterocycles. The van der Waals surface area contributed by atoms with Gasteiger partial charge in [0, 0.05) is 7.11 Å². The lowest BCUT2D eigenvalue weighted by Crippen LogP contribution is -2.11. The van der Waals surface area contributed by atoms with Crippen molar-refractivity contribution < 1.29 is 9.47 Å². The van der Waals surface area contributed by atoms with E-state index in [1.807, 2.05) is 0 Å². The molecule has 2 nitrogen and oxygen atoms in total. The molecular formula is C9H16O2. The van der Waals surface area contributed by atoms with Crippen molar-refractivity contribution in [2.75, 3.05) is 13.9 Å². The van der Waals surface area contributed by atoms with Crippen molar-refractivity contribution >= 4 is 0 Å². The first kappa shape index (κ1) is 10.5. The Kier molecular flexibility index (Phi) is 7.23. The van der Waals surface area contributed by atoms with Crippen molar-refractivity contribution in [3.8, 4) is 12.3 Å². The fourth-order valence-corrected chi connectivity index (χ4v) is 0.754. The van der Waals surface area contributed by atoms with Gasteiger partial charge in [-0.3, -0.25) is 0 Å². The summed E-state index contributed by atoms with van der Waals surface area (Å²) in [5.41, 5.74) is 0. The highest BCUT2D eigenvalue weighted by Gasteiger charge is 2.02. The number of unbranched alkanes of at least 4 members (excludes halogenated alkanes) is 1. The average molecular weight is 156 g/mol. The number of rotatable bonds is 6. The van der Waals surface area contributed by atoms with Crippen molar-refractivity contribution in [3.05, 3.63) is 0 Å². The number of methoxy groups -OCH3 is 1. The zero-order valence-corrected chi connectivity index (χ0v) is 7.30. The van der Waals surface area contributed by atoms with Crippen LogP contribution in [0.15, 0.2) is 0 Å². The Bertz CT molecular complexity index is 107. The van der Waals surface area contributed by atoms with Gasteiger partial charge in [0.2, 0.25) is 0 Å². The van der Waals surface area contributed by atoms with E-state index < -0.39 is 0 Å². The first-order chi connectivity index (χ1) is 5.35. The van der Waals surface area contributed by atoms with Gasteiger partial charge in [0.15, 0.2) is 0 Å². The molecule has 1 atom stereocenters. The van der Waals surface area contributed by atoms with Gasteiger partial charge in [-0.15, -0.1) is 6.42 Å². The summed E-state index contributed by atoms with van der Waals surface area (Å²) in [5, 5.41) is 0. The third-order valence-corrected chi connectivity index (χ3v) is 1.39. The summed E-state index contributed by atoms with van der Waals surface area (Å²) in [6.45, 7) is 2.42. The van der Waals surface area contributed by atoms with E-state index in [4.69, 9.17) is 15.9 Å². The molecule has 0 aromatic carbocycles. The van der Waals surface area contributed by atoms with Gasteiger partial charge >= 0.3 is 0 Å². The first-order valence-electron chi connectivity index (χ1n) is 3.91. The molecular weight excluding hydrogens is 140 g/mol. The van der Waals surface area contributed by atoms with Crippen LogP contribution in [0.25, 0.3) is 0 Å². The summed E-state index contributed by atoms with van der Waals surface area (Å²) in [6.07, 6.45) is 8.33. The molecule has 0 aromatic rings. The SMILES string of the molecule is C#CC(CCCC)OCOC. The van der Waals surface area contributed by atoms with E-state index in [2.05, 4.69) is 12.8 Å². The Morgan fingerprint density at radius 1 is 1.55 bits per heavy atom. The van der Waals surface area contributed by atoms with Crippen LogP contribution in [-0.2, 0) is 9.47 Å². The fourth-order valence-electron chi connectivity index (χ4n) is 0.754. The number of ether oxygens (including phenoxy) is 2. The van der Waals surface area contributed by atoms with Crippen LogP contribution in [0, 0.1) is 12.3 Å². The molecule has 0 rings (SSSR count). The van der Waals surface area contributed by atoms with Crippen LogP contribution in [0.2, 0.25) is 0 Å². The molecule has 0 saturated carbocycles. The lowest BCUT2D eigenvalue weighted by atomic mass is 10.2. The molecule has 0 radical (unpaired) electrons. The predicted molar refractivity (Wildman–Crippen MR) is 45.1 cm³/mol. The number of hydrogen-bond acceptors (Lipinski definition) is 2. The second-order valence-electron chi connectivity index (χ2n) is 2.37.